The topological polar surface area (TPSA) is 36.4 Å². The lowest BCUT2D eigenvalue weighted by molar-refractivity contribution is -0.132. The number of nitrogens with one attached hydrogen (secondary N) is 2. The zero-order chi connectivity index (χ0) is 15.0. The molecule has 2 N–H and O–H groups in total. The quantitative estimate of drug-likeness (QED) is 0.422. The van der Waals surface area contributed by atoms with Gasteiger partial charge in [0.15, 0.2) is 5.96 Å². The van der Waals surface area contributed by atoms with E-state index in [0.717, 1.165) is 6.42 Å². The summed E-state index contributed by atoms with van der Waals surface area (Å²) in [5, 5.41) is 5.97. The first-order valence-corrected chi connectivity index (χ1v) is 8.13. The van der Waals surface area contributed by atoms with Crippen LogP contribution in [0.1, 0.15) is 18.2 Å². The Morgan fingerprint density at radius 1 is 1.35 bits per heavy atom. The van der Waals surface area contributed by atoms with Crippen LogP contribution < -0.4 is 10.6 Å². The van der Waals surface area contributed by atoms with E-state index in [1.807, 2.05) is 13.0 Å². The molecule has 0 atom stereocenters. The van der Waals surface area contributed by atoms with Crippen molar-refractivity contribution in [3.05, 3.63) is 19.9 Å². The van der Waals surface area contributed by atoms with E-state index < -0.39 is 12.6 Å². The van der Waals surface area contributed by atoms with Crippen LogP contribution in [0.4, 0.5) is 13.2 Å². The van der Waals surface area contributed by atoms with Crippen LogP contribution in [0.2, 0.25) is 0 Å². The van der Waals surface area contributed by atoms with E-state index in [1.165, 1.54) is 7.76 Å². The lowest BCUT2D eigenvalue weighted by Crippen LogP contribution is -2.38. The molecule has 0 amide bonds. The van der Waals surface area contributed by atoms with Crippen LogP contribution in [-0.2, 0) is 6.42 Å². The summed E-state index contributed by atoms with van der Waals surface area (Å²) in [6, 6.07) is 4.10. The van der Waals surface area contributed by atoms with Gasteiger partial charge in [-0.25, -0.2) is 0 Å². The maximum absolute atomic E-state index is 12.1. The van der Waals surface area contributed by atoms with E-state index >= 15 is 0 Å². The minimum atomic E-state index is -4.16. The first-order chi connectivity index (χ1) is 9.40. The third-order valence-electron chi connectivity index (χ3n) is 2.30. The molecule has 0 aliphatic carbocycles. The number of guanidine groups is 1. The Balaban J connectivity index is 2.36. The van der Waals surface area contributed by atoms with Crippen molar-refractivity contribution >= 4 is 39.9 Å². The normalized spacial score (nSPS) is 12.6. The summed E-state index contributed by atoms with van der Waals surface area (Å²) in [6.45, 7) is 2.89. The van der Waals surface area contributed by atoms with Crippen LogP contribution in [0.5, 0.6) is 0 Å². The summed E-state index contributed by atoms with van der Waals surface area (Å²) < 4.78 is 37.4. The van der Waals surface area contributed by atoms with Crippen LogP contribution in [0.3, 0.4) is 0 Å². The average Bonchev–Trinajstić information content (AvgIpc) is 2.73. The van der Waals surface area contributed by atoms with Crippen molar-refractivity contribution in [1.82, 2.24) is 10.6 Å². The van der Waals surface area contributed by atoms with E-state index in [9.17, 15) is 13.2 Å². The molecule has 114 valence electrons. The highest BCUT2D eigenvalue weighted by molar-refractivity contribution is 14.1. The summed E-state index contributed by atoms with van der Waals surface area (Å²) in [7, 11) is 0. The number of aliphatic imine (C=N–C) groups is 1. The highest BCUT2D eigenvalue weighted by Gasteiger charge is 2.26. The molecule has 0 saturated carbocycles. The lowest BCUT2D eigenvalue weighted by Gasteiger charge is -2.11. The maximum atomic E-state index is 12.1. The van der Waals surface area contributed by atoms with Crippen molar-refractivity contribution in [1.29, 1.82) is 0 Å². The van der Waals surface area contributed by atoms with Gasteiger partial charge in [0.2, 0.25) is 0 Å². The highest BCUT2D eigenvalue weighted by Crippen LogP contribution is 2.19. The average molecular weight is 419 g/mol. The number of hydrogen-bond acceptors (Lipinski definition) is 2. The fourth-order valence-corrected chi connectivity index (χ4v) is 3.18. The number of nitrogens with zero attached hydrogens (tertiary/aromatic N) is 1. The molecule has 0 fully saturated rings. The van der Waals surface area contributed by atoms with Crippen LogP contribution in [0.15, 0.2) is 17.1 Å². The molecule has 3 nitrogen and oxygen atoms in total. The third-order valence-corrected chi connectivity index (χ3v) is 4.26. The molecule has 1 aromatic heterocycles. The molecule has 1 heterocycles. The Morgan fingerprint density at radius 3 is 2.65 bits per heavy atom. The van der Waals surface area contributed by atoms with Gasteiger partial charge in [-0.3, -0.25) is 4.99 Å². The molecule has 0 aromatic carbocycles. The predicted octanol–water partition coefficient (Wildman–Crippen LogP) is 3.40. The first-order valence-electron chi connectivity index (χ1n) is 6.24. The van der Waals surface area contributed by atoms with Gasteiger partial charge < -0.3 is 10.6 Å². The summed E-state index contributed by atoms with van der Waals surface area (Å²) in [5.41, 5.74) is 0. The Morgan fingerprint density at radius 2 is 2.10 bits per heavy atom. The molecule has 1 aromatic rings. The molecule has 0 bridgehead atoms. The molecule has 1 rings (SSSR count). The summed E-state index contributed by atoms with van der Waals surface area (Å²) in [4.78, 5) is 5.16. The lowest BCUT2D eigenvalue weighted by atomic mass is 10.3. The minimum Gasteiger partial charge on any atom is -0.357 e. The van der Waals surface area contributed by atoms with Crippen LogP contribution in [-0.4, -0.2) is 31.8 Å². The number of thiophene rings is 1. The van der Waals surface area contributed by atoms with Gasteiger partial charge in [-0.1, -0.05) is 0 Å². The molecular weight excluding hydrogens is 402 g/mol. The summed E-state index contributed by atoms with van der Waals surface area (Å²) in [5.74, 6) is 0.433. The van der Waals surface area contributed by atoms with Crippen molar-refractivity contribution in [3.8, 4) is 0 Å². The zero-order valence-electron chi connectivity index (χ0n) is 11.1. The fourth-order valence-electron chi connectivity index (χ4n) is 1.43. The van der Waals surface area contributed by atoms with E-state index in [2.05, 4.69) is 44.3 Å². The monoisotopic (exact) mass is 419 g/mol. The van der Waals surface area contributed by atoms with Gasteiger partial charge in [0.1, 0.15) is 0 Å². The van der Waals surface area contributed by atoms with Gasteiger partial charge in [0, 0.05) is 18.0 Å². The minimum absolute atomic E-state index is 0.254. The number of alkyl halides is 3. The first kappa shape index (κ1) is 17.5. The molecule has 0 saturated heterocycles. The van der Waals surface area contributed by atoms with Gasteiger partial charge in [-0.2, -0.15) is 13.2 Å². The van der Waals surface area contributed by atoms with Gasteiger partial charge >= 0.3 is 6.18 Å². The van der Waals surface area contributed by atoms with Crippen molar-refractivity contribution < 1.29 is 13.2 Å². The second-order valence-corrected chi connectivity index (χ2v) is 7.07. The Bertz CT molecular complexity index is 432. The van der Waals surface area contributed by atoms with Crippen LogP contribution in [0, 0.1) is 2.88 Å². The van der Waals surface area contributed by atoms with Gasteiger partial charge in [-0.05, 0) is 48.1 Å². The van der Waals surface area contributed by atoms with E-state index in [-0.39, 0.29) is 6.54 Å². The predicted molar refractivity (Wildman–Crippen MR) is 85.4 cm³/mol. The molecule has 0 aliphatic heterocycles. The van der Waals surface area contributed by atoms with Gasteiger partial charge in [-0.15, -0.1) is 11.3 Å². The second kappa shape index (κ2) is 8.71. The Hall–Kier alpha value is -0.510. The van der Waals surface area contributed by atoms with Gasteiger partial charge in [0.05, 0.1) is 15.8 Å². The van der Waals surface area contributed by atoms with E-state index in [0.29, 0.717) is 19.0 Å². The second-order valence-electron chi connectivity index (χ2n) is 4.01. The van der Waals surface area contributed by atoms with Crippen molar-refractivity contribution in [2.75, 3.05) is 19.6 Å². The Kier molecular flexibility index (Phi) is 7.63. The molecule has 20 heavy (non-hydrogen) atoms. The fraction of sp³-hybridized carbons (Fsp3) is 0.583. The smallest absolute Gasteiger partial charge is 0.357 e. The SMILES string of the molecule is CCNC(=NCCC(F)(F)F)NCCc1ccc(I)s1. The molecular formula is C12H17F3IN3S. The molecule has 0 unspecified atom stereocenters. The molecule has 8 heteroatoms. The maximum Gasteiger partial charge on any atom is 0.390 e. The highest BCUT2D eigenvalue weighted by atomic mass is 127. The third kappa shape index (κ3) is 7.93. The molecule has 0 spiro atoms. The number of halogens is 4. The molecule has 0 aliphatic rings. The van der Waals surface area contributed by atoms with Gasteiger partial charge in [0.25, 0.3) is 0 Å². The Labute approximate surface area is 134 Å². The largest absolute Gasteiger partial charge is 0.390 e. The van der Waals surface area contributed by atoms with E-state index in [1.54, 1.807) is 11.3 Å². The van der Waals surface area contributed by atoms with E-state index in [4.69, 9.17) is 0 Å². The zero-order valence-corrected chi connectivity index (χ0v) is 14.0. The van der Waals surface area contributed by atoms with Crippen molar-refractivity contribution in [2.24, 2.45) is 4.99 Å². The van der Waals surface area contributed by atoms with Crippen LogP contribution >= 0.6 is 33.9 Å². The summed E-state index contributed by atoms with van der Waals surface area (Å²) in [6.07, 6.45) is -4.22. The number of hydrogen-bond donors (Lipinski definition) is 2. The van der Waals surface area contributed by atoms with Crippen molar-refractivity contribution in [2.45, 2.75) is 25.9 Å². The standard InChI is InChI=1S/C12H17F3IN3S/c1-2-17-11(19-8-6-12(13,14)15)18-7-5-9-3-4-10(16)20-9/h3-4H,2,5-8H2,1H3,(H2,17,18,19). The number of rotatable bonds is 6. The van der Waals surface area contributed by atoms with Crippen molar-refractivity contribution in [3.63, 3.8) is 0 Å². The summed E-state index contributed by atoms with van der Waals surface area (Å²) >= 11 is 3.97. The van der Waals surface area contributed by atoms with Crippen LogP contribution in [0.25, 0.3) is 0 Å². The molecule has 0 radical (unpaired) electrons.